The molecule has 10 heteroatoms. The van der Waals surface area contributed by atoms with Crippen LogP contribution in [-0.4, -0.2) is 35.1 Å². The largest absolute Gasteiger partial charge is 0.479 e. The zero-order valence-electron chi connectivity index (χ0n) is 19.4. The second-order valence-electron chi connectivity index (χ2n) is 9.83. The third kappa shape index (κ3) is 4.99. The lowest BCUT2D eigenvalue weighted by atomic mass is 9.63. The number of carboxylic acids is 1. The van der Waals surface area contributed by atoms with E-state index in [4.69, 9.17) is 23.2 Å². The summed E-state index contributed by atoms with van der Waals surface area (Å²) in [5.41, 5.74) is -2.23. The molecule has 0 bridgehead atoms. The predicted octanol–water partition coefficient (Wildman–Crippen LogP) is 5.30. The summed E-state index contributed by atoms with van der Waals surface area (Å²) in [6.07, 6.45) is -1.02. The lowest BCUT2D eigenvalue weighted by Gasteiger charge is -2.39. The number of carbonyl (C=O) groups is 2. The Labute approximate surface area is 212 Å². The number of aliphatic carboxylic acids is 1. The molecule has 1 saturated heterocycles. The molecule has 1 fully saturated rings. The van der Waals surface area contributed by atoms with Gasteiger partial charge in [0.1, 0.15) is 17.0 Å². The molecule has 0 saturated carbocycles. The van der Waals surface area contributed by atoms with Crippen LogP contribution in [0.2, 0.25) is 10.0 Å². The molecule has 6 nitrogen and oxygen atoms in total. The van der Waals surface area contributed by atoms with Gasteiger partial charge in [-0.05, 0) is 36.0 Å². The molecule has 3 rings (SSSR count). The second kappa shape index (κ2) is 10.1. The number of carbonyl (C=O) groups excluding carboxylic acids is 1. The highest BCUT2D eigenvalue weighted by Gasteiger charge is 2.60. The molecule has 4 atom stereocenters. The van der Waals surface area contributed by atoms with Crippen molar-refractivity contribution in [1.29, 1.82) is 5.26 Å². The molecule has 0 radical (unpaired) electrons. The number of nitriles is 1. The molecule has 35 heavy (non-hydrogen) atoms. The molecule has 1 amide bonds. The van der Waals surface area contributed by atoms with Crippen LogP contribution < -0.4 is 5.32 Å². The molecule has 1 aliphatic rings. The molecule has 0 aliphatic carbocycles. The molecule has 2 aromatic rings. The Hall–Kier alpha value is -2.73. The van der Waals surface area contributed by atoms with Crippen molar-refractivity contribution >= 4 is 35.6 Å². The van der Waals surface area contributed by atoms with Crippen molar-refractivity contribution in [2.24, 2.45) is 11.3 Å². The zero-order chi connectivity index (χ0) is 26.1. The van der Waals surface area contributed by atoms with Gasteiger partial charge in [-0.2, -0.15) is 5.26 Å². The monoisotopic (exact) mass is 523 g/mol. The van der Waals surface area contributed by atoms with Gasteiger partial charge < -0.3 is 10.4 Å². The van der Waals surface area contributed by atoms with E-state index in [1.807, 2.05) is 20.8 Å². The van der Waals surface area contributed by atoms with Gasteiger partial charge in [0.05, 0.1) is 17.1 Å². The fraction of sp³-hybridized carbons (Fsp3) is 0.400. The topological polar surface area (TPSA) is 93.4 Å². The maximum absolute atomic E-state index is 15.5. The van der Waals surface area contributed by atoms with E-state index in [0.29, 0.717) is 6.42 Å². The molecule has 186 valence electrons. The molecular weight excluding hydrogens is 499 g/mol. The number of rotatable bonds is 7. The van der Waals surface area contributed by atoms with Crippen LogP contribution in [0, 0.1) is 34.3 Å². The Morgan fingerprint density at radius 3 is 2.57 bits per heavy atom. The Morgan fingerprint density at radius 2 is 2.03 bits per heavy atom. The van der Waals surface area contributed by atoms with Crippen LogP contribution >= 0.6 is 23.2 Å². The number of nitrogens with zero attached hydrogens (tertiary/aromatic N) is 2. The summed E-state index contributed by atoms with van der Waals surface area (Å²) in [5.74, 6) is -3.70. The normalized spacial score (nSPS) is 23.5. The summed E-state index contributed by atoms with van der Waals surface area (Å²) in [6.45, 7) is 5.76. The lowest BCUT2D eigenvalue weighted by molar-refractivity contribution is -0.146. The Kier molecular flexibility index (Phi) is 7.75. The number of likely N-dealkylation sites (tertiary alicyclic amines) is 1. The van der Waals surface area contributed by atoms with Crippen molar-refractivity contribution in [3.63, 3.8) is 0 Å². The van der Waals surface area contributed by atoms with Gasteiger partial charge in [-0.15, -0.1) is 0 Å². The van der Waals surface area contributed by atoms with Crippen LogP contribution in [0.25, 0.3) is 0 Å². The Balaban J connectivity index is 2.42. The summed E-state index contributed by atoms with van der Waals surface area (Å²) in [5, 5.41) is 22.8. The average molecular weight is 524 g/mol. The van der Waals surface area contributed by atoms with E-state index in [2.05, 4.69) is 11.4 Å². The number of hydrogen-bond acceptors (Lipinski definition) is 4. The van der Waals surface area contributed by atoms with E-state index in [-0.39, 0.29) is 39.5 Å². The molecular formula is C25H25Cl2F2N3O3. The van der Waals surface area contributed by atoms with Crippen LogP contribution in [0.4, 0.5) is 8.78 Å². The van der Waals surface area contributed by atoms with E-state index >= 15 is 8.78 Å². The van der Waals surface area contributed by atoms with Gasteiger partial charge in [-0.1, -0.05) is 62.2 Å². The highest BCUT2D eigenvalue weighted by molar-refractivity contribution is 6.31. The van der Waals surface area contributed by atoms with Crippen molar-refractivity contribution in [2.75, 3.05) is 6.54 Å². The lowest BCUT2D eigenvalue weighted by Crippen LogP contribution is -2.52. The van der Waals surface area contributed by atoms with Gasteiger partial charge in [-0.25, -0.2) is 13.6 Å². The molecule has 2 N–H and O–H groups in total. The average Bonchev–Trinajstić information content (AvgIpc) is 3.06. The van der Waals surface area contributed by atoms with Crippen molar-refractivity contribution < 1.29 is 23.5 Å². The fourth-order valence-corrected chi connectivity index (χ4v) is 5.48. The van der Waals surface area contributed by atoms with Crippen molar-refractivity contribution in [2.45, 2.75) is 44.8 Å². The minimum Gasteiger partial charge on any atom is -0.479 e. The van der Waals surface area contributed by atoms with E-state index in [1.54, 1.807) is 0 Å². The first kappa shape index (κ1) is 26.9. The van der Waals surface area contributed by atoms with Gasteiger partial charge in [0, 0.05) is 22.7 Å². The van der Waals surface area contributed by atoms with Crippen molar-refractivity contribution in [1.82, 2.24) is 10.2 Å². The number of nitrogens with one attached hydrogen (secondary N) is 1. The number of benzene rings is 2. The number of amides is 1. The van der Waals surface area contributed by atoms with E-state index < -0.39 is 41.1 Å². The van der Waals surface area contributed by atoms with Crippen molar-refractivity contribution in [3.05, 3.63) is 69.2 Å². The number of hydrogen-bond donors (Lipinski definition) is 2. The maximum atomic E-state index is 15.5. The van der Waals surface area contributed by atoms with Crippen LogP contribution in [0.15, 0.2) is 36.4 Å². The summed E-state index contributed by atoms with van der Waals surface area (Å²) >= 11 is 12.0. The number of carboxylic acid groups (broad SMARTS) is 1. The maximum Gasteiger partial charge on any atom is 0.341 e. The second-order valence-corrected chi connectivity index (χ2v) is 10.7. The van der Waals surface area contributed by atoms with Crippen LogP contribution in [0.5, 0.6) is 0 Å². The quantitative estimate of drug-likeness (QED) is 0.480. The van der Waals surface area contributed by atoms with Crippen molar-refractivity contribution in [3.8, 4) is 6.07 Å². The van der Waals surface area contributed by atoms with E-state index in [1.165, 1.54) is 35.2 Å². The van der Waals surface area contributed by atoms with Gasteiger partial charge in [-0.3, -0.25) is 9.69 Å². The highest BCUT2D eigenvalue weighted by Crippen LogP contribution is 2.56. The first-order valence-electron chi connectivity index (χ1n) is 10.9. The minimum absolute atomic E-state index is 0.0404. The first-order chi connectivity index (χ1) is 16.4. The van der Waals surface area contributed by atoms with Crippen LogP contribution in [0.3, 0.4) is 0 Å². The smallest absolute Gasteiger partial charge is 0.341 e. The molecule has 0 aromatic heterocycles. The summed E-state index contributed by atoms with van der Waals surface area (Å²) in [6, 6.07) is 8.99. The van der Waals surface area contributed by atoms with Crippen LogP contribution in [-0.2, 0) is 15.0 Å². The third-order valence-corrected chi connectivity index (χ3v) is 6.85. The standard InChI is InChI=1S/C25H25Cl2F2N3O3/c1-24(2,3)10-14-11-32(22(23(34)35)31-13-33)21(16-5-4-6-18(27)20(16)29)25(14,12-30)17-8-7-15(26)9-19(17)28/h4-9,13-14,21-22H,10-11H2,1-3H3,(H,31,33)(H,34,35)/t14-,21-,22?,25-/m1/s1. The zero-order valence-corrected chi connectivity index (χ0v) is 20.9. The predicted molar refractivity (Wildman–Crippen MR) is 128 cm³/mol. The van der Waals surface area contributed by atoms with Gasteiger partial charge >= 0.3 is 5.97 Å². The molecule has 1 unspecified atom stereocenters. The number of halogens is 4. The van der Waals surface area contributed by atoms with Gasteiger partial charge in [0.25, 0.3) is 0 Å². The fourth-order valence-electron chi connectivity index (χ4n) is 5.14. The molecule has 1 heterocycles. The summed E-state index contributed by atoms with van der Waals surface area (Å²) in [7, 11) is 0. The Bertz CT molecular complexity index is 1180. The SMILES string of the molecule is CC(C)(C)C[C@@H]1CN(C(NC=O)C(=O)O)[C@H](c2cccc(Cl)c2F)[C@@]1(C#N)c1ccc(Cl)cc1F. The van der Waals surface area contributed by atoms with Crippen LogP contribution in [0.1, 0.15) is 44.4 Å². The van der Waals surface area contributed by atoms with Gasteiger partial charge in [0.15, 0.2) is 6.17 Å². The summed E-state index contributed by atoms with van der Waals surface area (Å²) in [4.78, 5) is 24.8. The third-order valence-electron chi connectivity index (χ3n) is 6.33. The Morgan fingerprint density at radius 1 is 1.34 bits per heavy atom. The molecule has 1 aliphatic heterocycles. The van der Waals surface area contributed by atoms with Gasteiger partial charge in [0.2, 0.25) is 6.41 Å². The summed E-state index contributed by atoms with van der Waals surface area (Å²) < 4.78 is 31.0. The molecule has 2 aromatic carbocycles. The van der Waals surface area contributed by atoms with E-state index in [9.17, 15) is 20.0 Å². The highest BCUT2D eigenvalue weighted by atomic mass is 35.5. The van der Waals surface area contributed by atoms with E-state index in [0.717, 1.165) is 6.07 Å². The first-order valence-corrected chi connectivity index (χ1v) is 11.6. The molecule has 0 spiro atoms. The minimum atomic E-state index is -1.74.